The van der Waals surface area contributed by atoms with Gasteiger partial charge in [-0.15, -0.1) is 0 Å². The zero-order chi connectivity index (χ0) is 13.0. The maximum Gasteiger partial charge on any atom is 0.187 e. The summed E-state index contributed by atoms with van der Waals surface area (Å²) >= 11 is -2.32. The fourth-order valence-corrected chi connectivity index (χ4v) is 1.85. The van der Waals surface area contributed by atoms with E-state index in [1.54, 1.807) is 30.3 Å². The van der Waals surface area contributed by atoms with E-state index >= 15 is 0 Å². The van der Waals surface area contributed by atoms with Crippen molar-refractivity contribution in [3.05, 3.63) is 60.2 Å². The molecule has 0 amide bonds. The first kappa shape index (κ1) is 12.8. The summed E-state index contributed by atoms with van der Waals surface area (Å²) in [4.78, 5) is 0. The number of benzene rings is 2. The van der Waals surface area contributed by atoms with E-state index in [-0.39, 0.29) is 0 Å². The second kappa shape index (κ2) is 5.77. The van der Waals surface area contributed by atoms with Crippen molar-refractivity contribution in [3.63, 3.8) is 0 Å². The topological polar surface area (TPSA) is 66.8 Å². The van der Waals surface area contributed by atoms with Crippen LogP contribution in [0.15, 0.2) is 54.6 Å². The molecule has 0 aliphatic heterocycles. The molecule has 94 valence electrons. The lowest BCUT2D eigenvalue weighted by molar-refractivity contribution is 0.251. The summed E-state index contributed by atoms with van der Waals surface area (Å²) in [6.45, 7) is 0. The summed E-state index contributed by atoms with van der Waals surface area (Å²) in [5.74, 6) is 1.16. The predicted octanol–water partition coefficient (Wildman–Crippen LogP) is 2.69. The fraction of sp³-hybridized carbons (Fsp3) is 0.0769. The maximum absolute atomic E-state index is 10.8. The van der Waals surface area contributed by atoms with Crippen LogP contribution >= 0.6 is 0 Å². The molecule has 2 aromatic rings. The molecular formula is C13H12O4S. The van der Waals surface area contributed by atoms with Gasteiger partial charge in [0.15, 0.2) is 16.5 Å². The number of para-hydroxylation sites is 1. The number of rotatable bonds is 4. The Morgan fingerprint density at radius 3 is 2.33 bits per heavy atom. The van der Waals surface area contributed by atoms with Crippen molar-refractivity contribution in [2.75, 3.05) is 0 Å². The molecule has 0 aliphatic carbocycles. The summed E-state index contributed by atoms with van der Waals surface area (Å²) in [6.07, 6.45) is 0. The lowest BCUT2D eigenvalue weighted by atomic mass is 10.2. The van der Waals surface area contributed by atoms with E-state index in [1.807, 2.05) is 18.2 Å². The first-order chi connectivity index (χ1) is 8.66. The van der Waals surface area contributed by atoms with Crippen LogP contribution in [0.2, 0.25) is 0 Å². The Balaban J connectivity index is 2.20. The number of ether oxygens (including phenoxy) is 1. The van der Waals surface area contributed by atoms with Crippen molar-refractivity contribution in [1.82, 2.24) is 0 Å². The van der Waals surface area contributed by atoms with E-state index < -0.39 is 16.5 Å². The number of hydrogen-bond donors (Lipinski definition) is 2. The van der Waals surface area contributed by atoms with Crippen LogP contribution in [0.1, 0.15) is 11.0 Å². The zero-order valence-electron chi connectivity index (χ0n) is 9.39. The van der Waals surface area contributed by atoms with Crippen LogP contribution in [-0.2, 0) is 11.1 Å². The van der Waals surface area contributed by atoms with Gasteiger partial charge in [0.2, 0.25) is 0 Å². The van der Waals surface area contributed by atoms with Crippen molar-refractivity contribution in [2.45, 2.75) is 5.44 Å². The van der Waals surface area contributed by atoms with Gasteiger partial charge in [-0.1, -0.05) is 30.3 Å². The zero-order valence-corrected chi connectivity index (χ0v) is 10.2. The fourth-order valence-electron chi connectivity index (χ4n) is 1.47. The molecule has 2 N–H and O–H groups in total. The van der Waals surface area contributed by atoms with E-state index in [0.717, 1.165) is 0 Å². The Kier molecular flexibility index (Phi) is 4.09. The molecule has 0 fully saturated rings. The summed E-state index contributed by atoms with van der Waals surface area (Å²) in [7, 11) is 0. The largest absolute Gasteiger partial charge is 0.457 e. The molecule has 0 heterocycles. The molecule has 2 aromatic carbocycles. The third kappa shape index (κ3) is 3.16. The highest BCUT2D eigenvalue weighted by Crippen LogP contribution is 2.25. The Hall–Kier alpha value is -1.69. The molecule has 0 spiro atoms. The van der Waals surface area contributed by atoms with Gasteiger partial charge in [-0.25, -0.2) is 4.21 Å². The molecule has 4 nitrogen and oxygen atoms in total. The number of hydrogen-bond acceptors (Lipinski definition) is 3. The second-order valence-corrected chi connectivity index (χ2v) is 4.61. The molecule has 18 heavy (non-hydrogen) atoms. The predicted molar refractivity (Wildman–Crippen MR) is 68.7 cm³/mol. The quantitative estimate of drug-likeness (QED) is 0.833. The molecule has 5 heteroatoms. The van der Waals surface area contributed by atoms with Gasteiger partial charge in [0, 0.05) is 0 Å². The van der Waals surface area contributed by atoms with Crippen LogP contribution in [0.25, 0.3) is 0 Å². The molecular weight excluding hydrogens is 252 g/mol. The van der Waals surface area contributed by atoms with Crippen molar-refractivity contribution in [3.8, 4) is 11.5 Å². The molecule has 2 rings (SSSR count). The van der Waals surface area contributed by atoms with Gasteiger partial charge in [0.05, 0.1) is 0 Å². The Morgan fingerprint density at radius 2 is 1.67 bits per heavy atom. The average molecular weight is 264 g/mol. The van der Waals surface area contributed by atoms with Gasteiger partial charge in [0.1, 0.15) is 11.5 Å². The van der Waals surface area contributed by atoms with Gasteiger partial charge in [-0.3, -0.25) is 0 Å². The van der Waals surface area contributed by atoms with Crippen molar-refractivity contribution in [2.24, 2.45) is 0 Å². The third-order valence-corrected chi connectivity index (χ3v) is 2.97. The highest BCUT2D eigenvalue weighted by Gasteiger charge is 2.14. The third-order valence-electron chi connectivity index (χ3n) is 2.31. The highest BCUT2D eigenvalue weighted by atomic mass is 32.2. The van der Waals surface area contributed by atoms with E-state index in [9.17, 15) is 9.32 Å². The van der Waals surface area contributed by atoms with Gasteiger partial charge in [0.25, 0.3) is 0 Å². The molecule has 0 aromatic heterocycles. The first-order valence-corrected chi connectivity index (χ1v) is 6.44. The van der Waals surface area contributed by atoms with E-state index in [1.165, 1.54) is 6.07 Å². The molecule has 2 unspecified atom stereocenters. The Labute approximate surface area is 107 Å². The molecule has 0 bridgehead atoms. The van der Waals surface area contributed by atoms with Gasteiger partial charge < -0.3 is 14.4 Å². The van der Waals surface area contributed by atoms with Gasteiger partial charge >= 0.3 is 0 Å². The Bertz CT molecular complexity index is 542. The Morgan fingerprint density at radius 1 is 1.00 bits per heavy atom. The molecule has 0 radical (unpaired) electrons. The molecule has 0 saturated carbocycles. The van der Waals surface area contributed by atoms with Crippen molar-refractivity contribution < 1.29 is 18.6 Å². The minimum atomic E-state index is -2.32. The van der Waals surface area contributed by atoms with Crippen molar-refractivity contribution in [1.29, 1.82) is 0 Å². The molecule has 0 aliphatic rings. The summed E-state index contributed by atoms with van der Waals surface area (Å²) < 4.78 is 25.2. The minimum absolute atomic E-state index is 0.337. The summed E-state index contributed by atoms with van der Waals surface area (Å²) in [5.41, 5.74) is -1.09. The van der Waals surface area contributed by atoms with Crippen LogP contribution in [-0.4, -0.2) is 13.9 Å². The van der Waals surface area contributed by atoms with Gasteiger partial charge in [-0.2, -0.15) is 0 Å². The number of aliphatic hydroxyl groups excluding tert-OH is 1. The van der Waals surface area contributed by atoms with Crippen LogP contribution < -0.4 is 4.74 Å². The lowest BCUT2D eigenvalue weighted by Gasteiger charge is -2.09. The number of aliphatic hydroxyl groups is 1. The average Bonchev–Trinajstić information content (AvgIpc) is 2.39. The normalized spacial score (nSPS) is 13.9. The molecule has 2 atom stereocenters. The lowest BCUT2D eigenvalue weighted by Crippen LogP contribution is -2.04. The van der Waals surface area contributed by atoms with Crippen LogP contribution in [0.5, 0.6) is 11.5 Å². The second-order valence-electron chi connectivity index (χ2n) is 3.62. The van der Waals surface area contributed by atoms with Gasteiger partial charge in [-0.05, 0) is 29.8 Å². The standard InChI is InChI=1S/C13H12O4S/c14-13(18(15)16)10-5-4-8-12(9-10)17-11-6-2-1-3-7-11/h1-9,13-14H,(H,15,16). The smallest absolute Gasteiger partial charge is 0.187 e. The van der Waals surface area contributed by atoms with Crippen molar-refractivity contribution >= 4 is 11.1 Å². The summed E-state index contributed by atoms with van der Waals surface area (Å²) in [6, 6.07) is 15.6. The summed E-state index contributed by atoms with van der Waals surface area (Å²) in [5, 5.41) is 9.48. The monoisotopic (exact) mass is 264 g/mol. The maximum atomic E-state index is 10.8. The van der Waals surface area contributed by atoms with E-state index in [2.05, 4.69) is 0 Å². The van der Waals surface area contributed by atoms with E-state index in [0.29, 0.717) is 17.1 Å². The first-order valence-electron chi connectivity index (χ1n) is 5.27. The minimum Gasteiger partial charge on any atom is -0.457 e. The highest BCUT2D eigenvalue weighted by molar-refractivity contribution is 7.79. The SMILES string of the molecule is O=S(O)C(O)c1cccc(Oc2ccccc2)c1. The van der Waals surface area contributed by atoms with Crippen LogP contribution in [0, 0.1) is 0 Å². The van der Waals surface area contributed by atoms with Crippen LogP contribution in [0.4, 0.5) is 0 Å². The van der Waals surface area contributed by atoms with E-state index in [4.69, 9.17) is 9.29 Å². The van der Waals surface area contributed by atoms with Crippen LogP contribution in [0.3, 0.4) is 0 Å². The molecule has 0 saturated heterocycles.